The largest absolute Gasteiger partial charge is 0.385 e. The monoisotopic (exact) mass is 257 g/mol. The summed E-state index contributed by atoms with van der Waals surface area (Å²) in [5, 5.41) is 7.31. The van der Waals surface area contributed by atoms with Crippen molar-refractivity contribution >= 4 is 22.8 Å². The summed E-state index contributed by atoms with van der Waals surface area (Å²) in [6.45, 7) is 1.47. The molecular formula is C11H19N3O2S. The second-order valence-electron chi connectivity index (χ2n) is 4.38. The fraction of sp³-hybridized carbons (Fsp3) is 0.818. The number of aliphatic imine (C=N–C) groups is 1. The van der Waals surface area contributed by atoms with Gasteiger partial charge in [0.2, 0.25) is 5.91 Å². The van der Waals surface area contributed by atoms with E-state index in [4.69, 9.17) is 4.74 Å². The SMILES string of the molecule is COCCC1CSC(=NCC2CCC(=O)N2)N1. The van der Waals surface area contributed by atoms with Gasteiger partial charge in [0.15, 0.2) is 5.17 Å². The molecule has 5 nitrogen and oxygen atoms in total. The highest BCUT2D eigenvalue weighted by molar-refractivity contribution is 8.14. The number of thioether (sulfide) groups is 1. The Kier molecular flexibility index (Phi) is 4.67. The number of carbonyl (C=O) groups excluding carboxylic acids is 1. The summed E-state index contributed by atoms with van der Waals surface area (Å²) in [6.07, 6.45) is 2.57. The molecule has 17 heavy (non-hydrogen) atoms. The van der Waals surface area contributed by atoms with E-state index in [9.17, 15) is 4.79 Å². The molecular weight excluding hydrogens is 238 g/mol. The average molecular weight is 257 g/mol. The molecule has 0 aromatic heterocycles. The highest BCUT2D eigenvalue weighted by Gasteiger charge is 2.22. The first-order valence-electron chi connectivity index (χ1n) is 6.00. The minimum atomic E-state index is 0.153. The van der Waals surface area contributed by atoms with Crippen LogP contribution in [0.5, 0.6) is 0 Å². The first-order valence-corrected chi connectivity index (χ1v) is 6.98. The fourth-order valence-corrected chi connectivity index (χ4v) is 2.98. The van der Waals surface area contributed by atoms with E-state index in [1.807, 2.05) is 0 Å². The molecule has 0 aromatic rings. The Morgan fingerprint density at radius 3 is 3.06 bits per heavy atom. The van der Waals surface area contributed by atoms with E-state index < -0.39 is 0 Å². The molecule has 2 fully saturated rings. The Bertz CT molecular complexity index is 309. The summed E-state index contributed by atoms with van der Waals surface area (Å²) in [7, 11) is 1.72. The first-order chi connectivity index (χ1) is 8.28. The van der Waals surface area contributed by atoms with Gasteiger partial charge in [-0.3, -0.25) is 9.79 Å². The van der Waals surface area contributed by atoms with Gasteiger partial charge in [-0.1, -0.05) is 11.8 Å². The highest BCUT2D eigenvalue weighted by Crippen LogP contribution is 2.16. The molecule has 6 heteroatoms. The molecule has 96 valence electrons. The van der Waals surface area contributed by atoms with Crippen LogP contribution < -0.4 is 10.6 Å². The predicted octanol–water partition coefficient (Wildman–Crippen LogP) is 0.362. The Hall–Kier alpha value is -0.750. The smallest absolute Gasteiger partial charge is 0.220 e. The van der Waals surface area contributed by atoms with Gasteiger partial charge in [-0.15, -0.1) is 0 Å². The Morgan fingerprint density at radius 2 is 2.35 bits per heavy atom. The minimum Gasteiger partial charge on any atom is -0.385 e. The molecule has 0 aliphatic carbocycles. The molecule has 2 saturated heterocycles. The number of rotatable bonds is 5. The molecule has 2 rings (SSSR count). The third-order valence-corrected chi connectivity index (χ3v) is 4.05. The maximum atomic E-state index is 11.0. The Labute approximate surface area is 106 Å². The van der Waals surface area contributed by atoms with Gasteiger partial charge in [-0.05, 0) is 12.8 Å². The third-order valence-electron chi connectivity index (χ3n) is 2.96. The van der Waals surface area contributed by atoms with E-state index in [1.54, 1.807) is 18.9 Å². The van der Waals surface area contributed by atoms with E-state index in [1.165, 1.54) is 0 Å². The Balaban J connectivity index is 1.70. The lowest BCUT2D eigenvalue weighted by Gasteiger charge is -2.09. The topological polar surface area (TPSA) is 62.7 Å². The lowest BCUT2D eigenvalue weighted by molar-refractivity contribution is -0.119. The number of ether oxygens (including phenoxy) is 1. The van der Waals surface area contributed by atoms with Crippen LogP contribution in [0.2, 0.25) is 0 Å². The molecule has 0 aromatic carbocycles. The van der Waals surface area contributed by atoms with E-state index in [2.05, 4.69) is 15.6 Å². The van der Waals surface area contributed by atoms with Gasteiger partial charge in [0.1, 0.15) is 0 Å². The normalized spacial score (nSPS) is 30.6. The minimum absolute atomic E-state index is 0.153. The molecule has 2 aliphatic heterocycles. The number of hydrogen-bond acceptors (Lipinski definition) is 4. The molecule has 0 radical (unpaired) electrons. The van der Waals surface area contributed by atoms with Crippen LogP contribution in [0.1, 0.15) is 19.3 Å². The summed E-state index contributed by atoms with van der Waals surface area (Å²) in [5.41, 5.74) is 0. The molecule has 2 heterocycles. The molecule has 2 aliphatic rings. The zero-order valence-corrected chi connectivity index (χ0v) is 10.9. The van der Waals surface area contributed by atoms with Crippen LogP contribution >= 0.6 is 11.8 Å². The van der Waals surface area contributed by atoms with Crippen LogP contribution in [-0.4, -0.2) is 49.2 Å². The van der Waals surface area contributed by atoms with Crippen molar-refractivity contribution in [3.63, 3.8) is 0 Å². The van der Waals surface area contributed by atoms with E-state index >= 15 is 0 Å². The quantitative estimate of drug-likeness (QED) is 0.746. The maximum Gasteiger partial charge on any atom is 0.220 e. The van der Waals surface area contributed by atoms with Crippen molar-refractivity contribution in [3.8, 4) is 0 Å². The number of nitrogens with one attached hydrogen (secondary N) is 2. The van der Waals surface area contributed by atoms with Gasteiger partial charge in [0.25, 0.3) is 0 Å². The number of carbonyl (C=O) groups is 1. The van der Waals surface area contributed by atoms with E-state index in [0.29, 0.717) is 19.0 Å². The summed E-state index contributed by atoms with van der Waals surface area (Å²) in [6, 6.07) is 0.701. The van der Waals surface area contributed by atoms with Crippen molar-refractivity contribution in [2.24, 2.45) is 4.99 Å². The van der Waals surface area contributed by atoms with Gasteiger partial charge < -0.3 is 15.4 Å². The molecule has 0 spiro atoms. The Morgan fingerprint density at radius 1 is 1.47 bits per heavy atom. The highest BCUT2D eigenvalue weighted by atomic mass is 32.2. The summed E-state index contributed by atoms with van der Waals surface area (Å²) in [4.78, 5) is 15.5. The summed E-state index contributed by atoms with van der Waals surface area (Å²) in [5.74, 6) is 1.21. The second kappa shape index (κ2) is 6.26. The number of hydrogen-bond donors (Lipinski definition) is 2. The molecule has 2 unspecified atom stereocenters. The van der Waals surface area contributed by atoms with Crippen LogP contribution in [0.4, 0.5) is 0 Å². The third kappa shape index (κ3) is 3.89. The van der Waals surface area contributed by atoms with Crippen LogP contribution in [0, 0.1) is 0 Å². The lowest BCUT2D eigenvalue weighted by Crippen LogP contribution is -2.31. The molecule has 2 atom stereocenters. The number of methoxy groups -OCH3 is 1. The van der Waals surface area contributed by atoms with Crippen molar-refractivity contribution in [1.82, 2.24) is 10.6 Å². The van der Waals surface area contributed by atoms with Gasteiger partial charge >= 0.3 is 0 Å². The lowest BCUT2D eigenvalue weighted by atomic mass is 10.2. The van der Waals surface area contributed by atoms with Crippen LogP contribution in [0.15, 0.2) is 4.99 Å². The molecule has 0 saturated carbocycles. The number of nitrogens with zero attached hydrogens (tertiary/aromatic N) is 1. The van der Waals surface area contributed by atoms with Gasteiger partial charge in [0.05, 0.1) is 6.54 Å². The van der Waals surface area contributed by atoms with Crippen molar-refractivity contribution in [3.05, 3.63) is 0 Å². The first kappa shape index (κ1) is 12.7. The van der Waals surface area contributed by atoms with Crippen molar-refractivity contribution < 1.29 is 9.53 Å². The van der Waals surface area contributed by atoms with Crippen LogP contribution in [-0.2, 0) is 9.53 Å². The van der Waals surface area contributed by atoms with Gasteiger partial charge in [-0.2, -0.15) is 0 Å². The molecule has 2 N–H and O–H groups in total. The second-order valence-corrected chi connectivity index (χ2v) is 5.39. The van der Waals surface area contributed by atoms with Gasteiger partial charge in [-0.25, -0.2) is 0 Å². The average Bonchev–Trinajstić information content (AvgIpc) is 2.93. The van der Waals surface area contributed by atoms with Crippen molar-refractivity contribution in [1.29, 1.82) is 0 Å². The van der Waals surface area contributed by atoms with Crippen molar-refractivity contribution in [2.45, 2.75) is 31.3 Å². The van der Waals surface area contributed by atoms with Crippen molar-refractivity contribution in [2.75, 3.05) is 26.0 Å². The fourth-order valence-electron chi connectivity index (χ4n) is 1.95. The van der Waals surface area contributed by atoms with E-state index in [-0.39, 0.29) is 11.9 Å². The molecule has 1 amide bonds. The maximum absolute atomic E-state index is 11.0. The number of amidine groups is 1. The van der Waals surface area contributed by atoms with Crippen LogP contribution in [0.3, 0.4) is 0 Å². The summed E-state index contributed by atoms with van der Waals surface area (Å²) < 4.78 is 5.06. The van der Waals surface area contributed by atoms with Gasteiger partial charge in [0, 0.05) is 38.0 Å². The van der Waals surface area contributed by atoms with E-state index in [0.717, 1.165) is 30.4 Å². The van der Waals surface area contributed by atoms with Crippen LogP contribution in [0.25, 0.3) is 0 Å². The zero-order chi connectivity index (χ0) is 12.1. The number of amides is 1. The predicted molar refractivity (Wildman–Crippen MR) is 69.3 cm³/mol. The summed E-state index contributed by atoms with van der Waals surface area (Å²) >= 11 is 1.76. The standard InChI is InChI=1S/C11H19N3O2S/c1-16-5-4-9-7-17-11(14-9)12-6-8-2-3-10(15)13-8/h8-9H,2-7H2,1H3,(H,12,14)(H,13,15). The molecule has 0 bridgehead atoms. The zero-order valence-electron chi connectivity index (χ0n) is 10.1.